The van der Waals surface area contributed by atoms with E-state index in [0.717, 1.165) is 18.7 Å². The maximum atomic E-state index is 12.1. The Bertz CT molecular complexity index is 628. The Balaban J connectivity index is 1.74. The van der Waals surface area contributed by atoms with Crippen molar-refractivity contribution >= 4 is 5.91 Å². The lowest BCUT2D eigenvalue weighted by Gasteiger charge is -2.18. The van der Waals surface area contributed by atoms with Crippen LogP contribution in [0.2, 0.25) is 0 Å². The van der Waals surface area contributed by atoms with E-state index < -0.39 is 0 Å². The van der Waals surface area contributed by atoms with Crippen LogP contribution < -0.4 is 5.32 Å². The smallest absolute Gasteiger partial charge is 0.276 e. The number of carbonyl (C=O) groups is 1. The number of carbonyl (C=O) groups excluding carboxylic acids is 1. The first-order valence-corrected chi connectivity index (χ1v) is 7.16. The van der Waals surface area contributed by atoms with Crippen LogP contribution in [0.1, 0.15) is 66.7 Å². The fourth-order valence-corrected chi connectivity index (χ4v) is 2.79. The fraction of sp³-hybridized carbons (Fsp3) is 0.615. The fourth-order valence-electron chi connectivity index (χ4n) is 2.79. The van der Waals surface area contributed by atoms with E-state index in [1.54, 1.807) is 13.3 Å². The second-order valence-electron chi connectivity index (χ2n) is 5.43. The molecule has 1 aliphatic rings. The van der Waals surface area contributed by atoms with Crippen molar-refractivity contribution in [2.24, 2.45) is 0 Å². The molecule has 0 bridgehead atoms. The summed E-state index contributed by atoms with van der Waals surface area (Å²) < 4.78 is 6.62. The van der Waals surface area contributed by atoms with Gasteiger partial charge < -0.3 is 9.88 Å². The molecule has 8 heteroatoms. The van der Waals surface area contributed by atoms with Crippen LogP contribution in [0, 0.1) is 6.92 Å². The maximum Gasteiger partial charge on any atom is 0.276 e. The van der Waals surface area contributed by atoms with Crippen LogP contribution in [0.4, 0.5) is 0 Å². The largest absolute Gasteiger partial charge is 0.341 e. The molecular formula is C13H18N6O2. The van der Waals surface area contributed by atoms with Crippen molar-refractivity contribution < 1.29 is 9.42 Å². The van der Waals surface area contributed by atoms with Gasteiger partial charge in [-0.3, -0.25) is 4.79 Å². The van der Waals surface area contributed by atoms with Crippen LogP contribution in [0.25, 0.3) is 0 Å². The van der Waals surface area contributed by atoms with Gasteiger partial charge >= 0.3 is 0 Å². The summed E-state index contributed by atoms with van der Waals surface area (Å²) in [5, 5.41) is 18.2. The molecule has 1 saturated carbocycles. The summed E-state index contributed by atoms with van der Waals surface area (Å²) in [6, 6.07) is 0.182. The van der Waals surface area contributed by atoms with Crippen molar-refractivity contribution in [2.75, 3.05) is 0 Å². The highest BCUT2D eigenvalue weighted by Gasteiger charge is 2.25. The first-order chi connectivity index (χ1) is 10.2. The van der Waals surface area contributed by atoms with Gasteiger partial charge in [0.05, 0.1) is 6.04 Å². The summed E-state index contributed by atoms with van der Waals surface area (Å²) in [7, 11) is 0. The molecule has 2 aromatic rings. The third kappa shape index (κ3) is 2.65. The second-order valence-corrected chi connectivity index (χ2v) is 5.43. The Labute approximate surface area is 121 Å². The molecule has 1 atom stereocenters. The number of hydrogen-bond acceptors (Lipinski definition) is 6. The molecule has 0 aromatic carbocycles. The van der Waals surface area contributed by atoms with E-state index in [9.17, 15) is 4.79 Å². The minimum Gasteiger partial charge on any atom is -0.341 e. The van der Waals surface area contributed by atoms with Gasteiger partial charge in [-0.2, -0.15) is 0 Å². The molecule has 1 amide bonds. The number of amides is 1. The molecule has 2 heterocycles. The monoisotopic (exact) mass is 290 g/mol. The standard InChI is InChI=1S/C13H18N6O2/c1-8-11(18-21-17-8)13(20)15-9(2)12-16-14-7-19(12)10-5-3-4-6-10/h7,9-10H,3-6H2,1-2H3,(H,15,20). The van der Waals surface area contributed by atoms with Gasteiger partial charge in [0.1, 0.15) is 12.0 Å². The van der Waals surface area contributed by atoms with Gasteiger partial charge in [0, 0.05) is 6.04 Å². The Morgan fingerprint density at radius 1 is 1.43 bits per heavy atom. The molecule has 1 N–H and O–H groups in total. The molecule has 3 rings (SSSR count). The zero-order valence-electron chi connectivity index (χ0n) is 12.1. The topological polar surface area (TPSA) is 98.7 Å². The van der Waals surface area contributed by atoms with Crippen molar-refractivity contribution in [1.82, 2.24) is 30.4 Å². The van der Waals surface area contributed by atoms with Crippen LogP contribution in [0.3, 0.4) is 0 Å². The lowest BCUT2D eigenvalue weighted by atomic mass is 10.2. The van der Waals surface area contributed by atoms with E-state index in [0.29, 0.717) is 11.7 Å². The number of aryl methyl sites for hydroxylation is 1. The molecule has 0 radical (unpaired) electrons. The second kappa shape index (κ2) is 5.63. The predicted octanol–water partition coefficient (Wildman–Crippen LogP) is 1.58. The van der Waals surface area contributed by atoms with Crippen LogP contribution in [0.15, 0.2) is 11.0 Å². The SMILES string of the molecule is Cc1nonc1C(=O)NC(C)c1nncn1C1CCCC1. The summed E-state index contributed by atoms with van der Waals surface area (Å²) in [6.07, 6.45) is 6.48. The molecule has 1 aliphatic carbocycles. The van der Waals surface area contributed by atoms with E-state index in [2.05, 4.69) is 35.0 Å². The van der Waals surface area contributed by atoms with Crippen LogP contribution in [0.5, 0.6) is 0 Å². The normalized spacial score (nSPS) is 17.0. The maximum absolute atomic E-state index is 12.1. The van der Waals surface area contributed by atoms with Crippen LogP contribution >= 0.6 is 0 Å². The molecular weight excluding hydrogens is 272 g/mol. The molecule has 1 unspecified atom stereocenters. The van der Waals surface area contributed by atoms with Crippen LogP contribution in [-0.4, -0.2) is 31.0 Å². The van der Waals surface area contributed by atoms with Crippen molar-refractivity contribution in [3.8, 4) is 0 Å². The molecule has 1 fully saturated rings. The highest BCUT2D eigenvalue weighted by Crippen LogP contribution is 2.31. The van der Waals surface area contributed by atoms with Crippen molar-refractivity contribution in [3.05, 3.63) is 23.5 Å². The molecule has 2 aromatic heterocycles. The zero-order valence-corrected chi connectivity index (χ0v) is 12.1. The van der Waals surface area contributed by atoms with Crippen LogP contribution in [-0.2, 0) is 0 Å². The number of hydrogen-bond donors (Lipinski definition) is 1. The minimum absolute atomic E-state index is 0.203. The zero-order chi connectivity index (χ0) is 14.8. The predicted molar refractivity (Wildman–Crippen MR) is 72.4 cm³/mol. The number of rotatable bonds is 4. The Hall–Kier alpha value is -2.25. The Morgan fingerprint density at radius 3 is 2.86 bits per heavy atom. The quantitative estimate of drug-likeness (QED) is 0.917. The number of nitrogens with one attached hydrogen (secondary N) is 1. The van der Waals surface area contributed by atoms with Gasteiger partial charge in [0.25, 0.3) is 5.91 Å². The summed E-state index contributed by atoms with van der Waals surface area (Å²) in [6.45, 7) is 3.56. The van der Waals surface area contributed by atoms with Gasteiger partial charge in [0.2, 0.25) is 0 Å². The molecule has 0 aliphatic heterocycles. The molecule has 21 heavy (non-hydrogen) atoms. The Kier molecular flexibility index (Phi) is 3.68. The lowest BCUT2D eigenvalue weighted by molar-refractivity contribution is 0.0927. The number of aromatic nitrogens is 5. The van der Waals surface area contributed by atoms with Gasteiger partial charge in [-0.1, -0.05) is 18.0 Å². The van der Waals surface area contributed by atoms with Gasteiger partial charge in [-0.05, 0) is 31.8 Å². The van der Waals surface area contributed by atoms with Gasteiger partial charge in [0.15, 0.2) is 11.5 Å². The van der Waals surface area contributed by atoms with E-state index in [4.69, 9.17) is 0 Å². The van der Waals surface area contributed by atoms with Gasteiger partial charge in [-0.15, -0.1) is 10.2 Å². The molecule has 8 nitrogen and oxygen atoms in total. The van der Waals surface area contributed by atoms with Crippen molar-refractivity contribution in [1.29, 1.82) is 0 Å². The first-order valence-electron chi connectivity index (χ1n) is 7.16. The van der Waals surface area contributed by atoms with E-state index in [1.165, 1.54) is 12.8 Å². The Morgan fingerprint density at radius 2 is 2.19 bits per heavy atom. The molecule has 0 spiro atoms. The van der Waals surface area contributed by atoms with Gasteiger partial charge in [-0.25, -0.2) is 4.63 Å². The number of nitrogens with zero attached hydrogens (tertiary/aromatic N) is 5. The molecule has 0 saturated heterocycles. The van der Waals surface area contributed by atoms with E-state index >= 15 is 0 Å². The highest BCUT2D eigenvalue weighted by atomic mass is 16.6. The average Bonchev–Trinajstić information content (AvgIpc) is 3.19. The van der Waals surface area contributed by atoms with Crippen molar-refractivity contribution in [2.45, 2.75) is 51.6 Å². The third-order valence-electron chi connectivity index (χ3n) is 3.92. The van der Waals surface area contributed by atoms with Crippen molar-refractivity contribution in [3.63, 3.8) is 0 Å². The minimum atomic E-state index is -0.317. The highest BCUT2D eigenvalue weighted by molar-refractivity contribution is 5.93. The summed E-state index contributed by atoms with van der Waals surface area (Å²) >= 11 is 0. The molecule has 112 valence electrons. The summed E-state index contributed by atoms with van der Waals surface area (Å²) in [5.74, 6) is 0.451. The first kappa shape index (κ1) is 13.7. The summed E-state index contributed by atoms with van der Waals surface area (Å²) in [5.41, 5.74) is 0.672. The summed E-state index contributed by atoms with van der Waals surface area (Å²) in [4.78, 5) is 12.1. The van der Waals surface area contributed by atoms with E-state index in [-0.39, 0.29) is 17.6 Å². The lowest BCUT2D eigenvalue weighted by Crippen LogP contribution is -2.30. The van der Waals surface area contributed by atoms with E-state index in [1.807, 2.05) is 6.92 Å². The average molecular weight is 290 g/mol. The third-order valence-corrected chi connectivity index (χ3v) is 3.92.